The molecule has 0 N–H and O–H groups in total. The Morgan fingerprint density at radius 3 is 2.77 bits per heavy atom. The molecule has 0 radical (unpaired) electrons. The van der Waals surface area contributed by atoms with Crippen LogP contribution in [-0.2, 0) is 11.3 Å². The lowest BCUT2D eigenvalue weighted by Crippen LogP contribution is -2.46. The van der Waals surface area contributed by atoms with Crippen LogP contribution in [0.3, 0.4) is 0 Å². The first kappa shape index (κ1) is 15.7. The van der Waals surface area contributed by atoms with Crippen molar-refractivity contribution in [2.24, 2.45) is 5.92 Å². The van der Waals surface area contributed by atoms with E-state index >= 15 is 0 Å². The maximum atomic E-state index is 14.3. The maximum Gasteiger partial charge on any atom is 0.169 e. The molecule has 0 unspecified atom stereocenters. The highest BCUT2D eigenvalue weighted by Crippen LogP contribution is 2.26. The number of nitrogens with zero attached hydrogens (tertiary/aromatic N) is 2. The van der Waals surface area contributed by atoms with E-state index in [0.29, 0.717) is 29.8 Å². The molecule has 2 saturated heterocycles. The van der Waals surface area contributed by atoms with E-state index in [9.17, 15) is 4.39 Å². The zero-order valence-electron chi connectivity index (χ0n) is 13.4. The second-order valence-corrected chi connectivity index (χ2v) is 6.32. The molecule has 5 heteroatoms. The Morgan fingerprint density at radius 1 is 1.27 bits per heavy atom. The van der Waals surface area contributed by atoms with E-state index in [2.05, 4.69) is 16.7 Å². The fourth-order valence-corrected chi connectivity index (χ4v) is 3.64. The monoisotopic (exact) mass is 308 g/mol. The molecule has 2 heterocycles. The fourth-order valence-electron chi connectivity index (χ4n) is 3.64. The summed E-state index contributed by atoms with van der Waals surface area (Å²) in [6, 6.07) is 5.93. The van der Waals surface area contributed by atoms with E-state index in [1.54, 1.807) is 6.07 Å². The Hall–Kier alpha value is -1.17. The summed E-state index contributed by atoms with van der Waals surface area (Å²) >= 11 is 0. The van der Waals surface area contributed by atoms with Gasteiger partial charge in [0.05, 0.1) is 20.3 Å². The lowest BCUT2D eigenvalue weighted by Gasteiger charge is -2.34. The van der Waals surface area contributed by atoms with Crippen molar-refractivity contribution in [1.82, 2.24) is 9.80 Å². The van der Waals surface area contributed by atoms with Gasteiger partial charge in [0.25, 0.3) is 0 Å². The van der Waals surface area contributed by atoms with E-state index in [0.717, 1.165) is 39.4 Å². The van der Waals surface area contributed by atoms with Crippen molar-refractivity contribution >= 4 is 0 Å². The summed E-state index contributed by atoms with van der Waals surface area (Å²) in [6.07, 6.45) is 0. The predicted molar refractivity (Wildman–Crippen MR) is 83.6 cm³/mol. The molecular weight excluding hydrogens is 283 g/mol. The lowest BCUT2D eigenvalue weighted by molar-refractivity contribution is 0.0117. The minimum Gasteiger partial charge on any atom is -0.494 e. The summed E-state index contributed by atoms with van der Waals surface area (Å²) in [7, 11) is 1.51. The normalized spacial score (nSPS) is 27.2. The van der Waals surface area contributed by atoms with Crippen LogP contribution in [0.1, 0.15) is 12.5 Å². The smallest absolute Gasteiger partial charge is 0.169 e. The molecule has 0 saturated carbocycles. The average Bonchev–Trinajstić information content (AvgIpc) is 2.91. The SMILES string of the molecule is COc1cccc(CN2C[C@H](C)[C@@H](N3CCOCC3)C2)c1F. The number of rotatable bonds is 4. The molecule has 2 atom stereocenters. The van der Waals surface area contributed by atoms with Crippen LogP contribution in [0.25, 0.3) is 0 Å². The number of ether oxygens (including phenoxy) is 2. The molecule has 1 aromatic rings. The summed E-state index contributed by atoms with van der Waals surface area (Å²) in [4.78, 5) is 4.87. The van der Waals surface area contributed by atoms with Crippen LogP contribution in [0, 0.1) is 11.7 Å². The Balaban J connectivity index is 1.64. The van der Waals surface area contributed by atoms with Crippen LogP contribution in [-0.4, -0.2) is 62.3 Å². The number of benzene rings is 1. The molecule has 0 amide bonds. The third-order valence-electron chi connectivity index (χ3n) is 4.82. The fraction of sp³-hybridized carbons (Fsp3) is 0.647. The topological polar surface area (TPSA) is 24.9 Å². The van der Waals surface area contributed by atoms with Crippen molar-refractivity contribution in [1.29, 1.82) is 0 Å². The van der Waals surface area contributed by atoms with Gasteiger partial charge in [0.15, 0.2) is 11.6 Å². The molecule has 122 valence electrons. The number of morpholine rings is 1. The first-order chi connectivity index (χ1) is 10.7. The van der Waals surface area contributed by atoms with E-state index in [1.807, 2.05) is 12.1 Å². The molecule has 2 aliphatic heterocycles. The number of methoxy groups -OCH3 is 1. The molecule has 0 bridgehead atoms. The minimum atomic E-state index is -0.229. The van der Waals surface area contributed by atoms with Crippen molar-refractivity contribution in [2.75, 3.05) is 46.5 Å². The van der Waals surface area contributed by atoms with Gasteiger partial charge in [-0.3, -0.25) is 9.80 Å². The van der Waals surface area contributed by atoms with Crippen LogP contribution in [0.15, 0.2) is 18.2 Å². The molecule has 3 rings (SSSR count). The zero-order chi connectivity index (χ0) is 15.5. The van der Waals surface area contributed by atoms with Crippen LogP contribution < -0.4 is 4.74 Å². The van der Waals surface area contributed by atoms with Crippen molar-refractivity contribution in [3.8, 4) is 5.75 Å². The zero-order valence-corrected chi connectivity index (χ0v) is 13.4. The predicted octanol–water partition coefficient (Wildman–Crippen LogP) is 1.99. The summed E-state index contributed by atoms with van der Waals surface area (Å²) in [6.45, 7) is 8.63. The van der Waals surface area contributed by atoms with Gasteiger partial charge in [-0.05, 0) is 12.0 Å². The van der Waals surface area contributed by atoms with Gasteiger partial charge in [0.2, 0.25) is 0 Å². The van der Waals surface area contributed by atoms with Crippen LogP contribution in [0.2, 0.25) is 0 Å². The van der Waals surface area contributed by atoms with E-state index < -0.39 is 0 Å². The van der Waals surface area contributed by atoms with Gasteiger partial charge in [0.1, 0.15) is 0 Å². The van der Waals surface area contributed by atoms with Gasteiger partial charge in [-0.2, -0.15) is 0 Å². The van der Waals surface area contributed by atoms with Crippen LogP contribution >= 0.6 is 0 Å². The molecule has 22 heavy (non-hydrogen) atoms. The molecule has 0 aromatic heterocycles. The number of hydrogen-bond donors (Lipinski definition) is 0. The molecule has 0 spiro atoms. The number of hydrogen-bond acceptors (Lipinski definition) is 4. The van der Waals surface area contributed by atoms with Crippen molar-refractivity contribution < 1.29 is 13.9 Å². The Bertz CT molecular complexity index is 505. The molecule has 2 aliphatic rings. The van der Waals surface area contributed by atoms with Gasteiger partial charge in [-0.1, -0.05) is 19.1 Å². The first-order valence-corrected chi connectivity index (χ1v) is 8.04. The van der Waals surface area contributed by atoms with Crippen molar-refractivity contribution in [3.05, 3.63) is 29.6 Å². The largest absolute Gasteiger partial charge is 0.494 e. The lowest BCUT2D eigenvalue weighted by atomic mass is 10.0. The summed E-state index contributed by atoms with van der Waals surface area (Å²) < 4.78 is 24.8. The van der Waals surface area contributed by atoms with Gasteiger partial charge in [-0.25, -0.2) is 4.39 Å². The third-order valence-corrected chi connectivity index (χ3v) is 4.82. The molecule has 0 aliphatic carbocycles. The first-order valence-electron chi connectivity index (χ1n) is 8.04. The van der Waals surface area contributed by atoms with Crippen LogP contribution in [0.5, 0.6) is 5.75 Å². The molecule has 1 aromatic carbocycles. The van der Waals surface area contributed by atoms with Gasteiger partial charge in [-0.15, -0.1) is 0 Å². The Kier molecular flexibility index (Phi) is 4.96. The third kappa shape index (κ3) is 3.26. The summed E-state index contributed by atoms with van der Waals surface area (Å²) in [5, 5.41) is 0. The Morgan fingerprint density at radius 2 is 2.05 bits per heavy atom. The quantitative estimate of drug-likeness (QED) is 0.849. The standard InChI is InChI=1S/C17H25FN2O2/c1-13-10-19(12-15(13)20-6-8-22-9-7-20)11-14-4-3-5-16(21-2)17(14)18/h3-5,13,15H,6-12H2,1-2H3/t13-,15-/m0/s1. The second-order valence-electron chi connectivity index (χ2n) is 6.32. The molecular formula is C17H25FN2O2. The maximum absolute atomic E-state index is 14.3. The van der Waals surface area contributed by atoms with E-state index in [-0.39, 0.29) is 5.82 Å². The highest BCUT2D eigenvalue weighted by molar-refractivity contribution is 5.31. The Labute approximate surface area is 131 Å². The second kappa shape index (κ2) is 6.94. The van der Waals surface area contributed by atoms with Crippen molar-refractivity contribution in [3.63, 3.8) is 0 Å². The van der Waals surface area contributed by atoms with E-state index in [1.165, 1.54) is 7.11 Å². The highest BCUT2D eigenvalue weighted by atomic mass is 19.1. The minimum absolute atomic E-state index is 0.229. The van der Waals surface area contributed by atoms with E-state index in [4.69, 9.17) is 9.47 Å². The summed E-state index contributed by atoms with van der Waals surface area (Å²) in [5.41, 5.74) is 0.717. The summed E-state index contributed by atoms with van der Waals surface area (Å²) in [5.74, 6) is 0.703. The molecule has 4 nitrogen and oxygen atoms in total. The van der Waals surface area contributed by atoms with Gasteiger partial charge in [0, 0.05) is 44.3 Å². The highest BCUT2D eigenvalue weighted by Gasteiger charge is 2.34. The number of likely N-dealkylation sites (tertiary alicyclic amines) is 1. The molecule has 2 fully saturated rings. The van der Waals surface area contributed by atoms with Crippen LogP contribution in [0.4, 0.5) is 4.39 Å². The van der Waals surface area contributed by atoms with Crippen molar-refractivity contribution in [2.45, 2.75) is 19.5 Å². The van der Waals surface area contributed by atoms with Gasteiger partial charge < -0.3 is 9.47 Å². The number of halogens is 1. The van der Waals surface area contributed by atoms with Gasteiger partial charge >= 0.3 is 0 Å². The average molecular weight is 308 g/mol.